The minimum absolute atomic E-state index is 0.161. The highest BCUT2D eigenvalue weighted by Gasteiger charge is 2.14. The molecule has 2 amide bonds. The topological polar surface area (TPSA) is 76.0 Å². The molecule has 0 saturated carbocycles. The average Bonchev–Trinajstić information content (AvgIpc) is 3.18. The average molecular weight is 354 g/mol. The molecular weight excluding hydrogens is 336 g/mol. The molecule has 2 N–H and O–H groups in total. The van der Waals surface area contributed by atoms with Crippen molar-refractivity contribution in [3.05, 3.63) is 63.9 Å². The summed E-state index contributed by atoms with van der Waals surface area (Å²) in [7, 11) is 1.76. The molecule has 0 spiro atoms. The van der Waals surface area contributed by atoms with Gasteiger partial charge in [-0.2, -0.15) is 0 Å². The van der Waals surface area contributed by atoms with Crippen LogP contribution in [0, 0.1) is 13.8 Å². The molecule has 0 atom stereocenters. The van der Waals surface area contributed by atoms with E-state index in [1.54, 1.807) is 30.1 Å². The number of benzene rings is 1. The first-order valence-corrected chi connectivity index (χ1v) is 8.57. The Morgan fingerprint density at radius 1 is 1.12 bits per heavy atom. The number of amides is 2. The zero-order chi connectivity index (χ0) is 18.0. The summed E-state index contributed by atoms with van der Waals surface area (Å²) in [5.41, 5.74) is 3.29. The van der Waals surface area contributed by atoms with Crippen LogP contribution >= 0.6 is 11.3 Å². The van der Waals surface area contributed by atoms with Gasteiger partial charge in [0.2, 0.25) is 0 Å². The lowest BCUT2D eigenvalue weighted by Crippen LogP contribution is -2.17. The molecule has 6 nitrogen and oxygen atoms in total. The van der Waals surface area contributed by atoms with E-state index < -0.39 is 0 Å². The molecule has 7 heteroatoms. The van der Waals surface area contributed by atoms with Gasteiger partial charge in [0.15, 0.2) is 0 Å². The van der Waals surface area contributed by atoms with Crippen molar-refractivity contribution in [1.29, 1.82) is 0 Å². The highest BCUT2D eigenvalue weighted by Crippen LogP contribution is 2.23. The second-order valence-electron chi connectivity index (χ2n) is 5.72. The van der Waals surface area contributed by atoms with Crippen LogP contribution in [-0.4, -0.2) is 21.4 Å². The van der Waals surface area contributed by atoms with E-state index in [2.05, 4.69) is 15.6 Å². The van der Waals surface area contributed by atoms with Crippen molar-refractivity contribution >= 4 is 34.5 Å². The van der Waals surface area contributed by atoms with Crippen LogP contribution in [-0.2, 0) is 7.05 Å². The first-order valence-electron chi connectivity index (χ1n) is 7.69. The third kappa shape index (κ3) is 3.61. The van der Waals surface area contributed by atoms with Crippen LogP contribution < -0.4 is 10.6 Å². The zero-order valence-electron chi connectivity index (χ0n) is 14.2. The largest absolute Gasteiger partial charge is 0.330 e. The van der Waals surface area contributed by atoms with Crippen LogP contribution in [0.2, 0.25) is 0 Å². The fraction of sp³-hybridized carbons (Fsp3) is 0.167. The fourth-order valence-corrected chi connectivity index (χ4v) is 3.11. The maximum Gasteiger partial charge on any atom is 0.273 e. The Hall–Kier alpha value is -2.93. The molecule has 0 radical (unpaired) electrons. The number of nitrogens with zero attached hydrogens (tertiary/aromatic N) is 2. The predicted octanol–water partition coefficient (Wildman–Crippen LogP) is 3.60. The van der Waals surface area contributed by atoms with E-state index in [9.17, 15) is 9.59 Å². The van der Waals surface area contributed by atoms with Gasteiger partial charge in [-0.1, -0.05) is 6.07 Å². The molecule has 3 aromatic rings. The lowest BCUT2D eigenvalue weighted by Gasteiger charge is -2.12. The monoisotopic (exact) mass is 354 g/mol. The Labute approximate surface area is 149 Å². The van der Waals surface area contributed by atoms with Crippen molar-refractivity contribution in [3.63, 3.8) is 0 Å². The smallest absolute Gasteiger partial charge is 0.273 e. The maximum atomic E-state index is 12.4. The van der Waals surface area contributed by atoms with Crippen LogP contribution in [0.5, 0.6) is 0 Å². The van der Waals surface area contributed by atoms with Gasteiger partial charge in [0, 0.05) is 23.3 Å². The van der Waals surface area contributed by atoms with E-state index in [-0.39, 0.29) is 11.8 Å². The molecule has 0 saturated heterocycles. The number of hydrogen-bond acceptors (Lipinski definition) is 4. The number of rotatable bonds is 4. The molecule has 0 unspecified atom stereocenters. The van der Waals surface area contributed by atoms with Gasteiger partial charge in [0.1, 0.15) is 5.69 Å². The summed E-state index contributed by atoms with van der Waals surface area (Å²) < 4.78 is 1.65. The van der Waals surface area contributed by atoms with Crippen LogP contribution in [0.1, 0.15) is 31.3 Å². The van der Waals surface area contributed by atoms with Gasteiger partial charge in [-0.05, 0) is 43.0 Å². The van der Waals surface area contributed by atoms with E-state index in [0.29, 0.717) is 22.6 Å². The number of hydrogen-bond donors (Lipinski definition) is 2. The summed E-state index contributed by atoms with van der Waals surface area (Å²) in [5, 5.41) is 7.62. The Balaban J connectivity index is 1.79. The van der Waals surface area contributed by atoms with Crippen molar-refractivity contribution in [2.45, 2.75) is 13.8 Å². The summed E-state index contributed by atoms with van der Waals surface area (Å²) in [6.07, 6.45) is 3.08. The summed E-state index contributed by atoms with van der Waals surface area (Å²) in [6, 6.07) is 7.22. The van der Waals surface area contributed by atoms with E-state index in [1.165, 1.54) is 17.5 Å². The van der Waals surface area contributed by atoms with Gasteiger partial charge in [0.05, 0.1) is 18.1 Å². The molecule has 0 aliphatic rings. The number of nitrogens with one attached hydrogen (secondary N) is 2. The number of imidazole rings is 1. The lowest BCUT2D eigenvalue weighted by molar-refractivity contribution is 0.101. The van der Waals surface area contributed by atoms with Gasteiger partial charge < -0.3 is 15.2 Å². The Morgan fingerprint density at radius 3 is 2.56 bits per heavy atom. The van der Waals surface area contributed by atoms with Crippen LogP contribution in [0.25, 0.3) is 0 Å². The minimum Gasteiger partial charge on any atom is -0.330 e. The van der Waals surface area contributed by atoms with Gasteiger partial charge in [0.25, 0.3) is 11.8 Å². The standard InChI is InChI=1S/C18H18N4O2S/c1-11-4-5-13(20-17(23)14-6-7-25-12(14)2)8-15(11)21-18(24)16-9-19-10-22(16)3/h4-10H,1-3H3,(H,20,23)(H,21,24). The van der Waals surface area contributed by atoms with E-state index in [1.807, 2.05) is 31.4 Å². The first-order chi connectivity index (χ1) is 12.0. The number of aromatic nitrogens is 2. The van der Waals surface area contributed by atoms with Crippen LogP contribution in [0.3, 0.4) is 0 Å². The van der Waals surface area contributed by atoms with Crippen molar-refractivity contribution in [2.24, 2.45) is 7.05 Å². The number of thiophene rings is 1. The molecule has 0 bridgehead atoms. The fourth-order valence-electron chi connectivity index (χ4n) is 2.42. The van der Waals surface area contributed by atoms with Gasteiger partial charge >= 0.3 is 0 Å². The summed E-state index contributed by atoms with van der Waals surface area (Å²) in [5.74, 6) is -0.410. The number of carbonyl (C=O) groups excluding carboxylic acids is 2. The Bertz CT molecular complexity index is 942. The highest BCUT2D eigenvalue weighted by molar-refractivity contribution is 7.10. The van der Waals surface area contributed by atoms with Gasteiger partial charge in [-0.3, -0.25) is 9.59 Å². The molecule has 0 aliphatic carbocycles. The first kappa shape index (κ1) is 16.9. The molecule has 0 fully saturated rings. The second-order valence-corrected chi connectivity index (χ2v) is 6.84. The SMILES string of the molecule is Cc1ccc(NC(=O)c2ccsc2C)cc1NC(=O)c1cncn1C. The normalized spacial score (nSPS) is 10.5. The number of carbonyl (C=O) groups is 2. The lowest BCUT2D eigenvalue weighted by atomic mass is 10.1. The van der Waals surface area contributed by atoms with Gasteiger partial charge in [-0.15, -0.1) is 11.3 Å². The summed E-state index contributed by atoms with van der Waals surface area (Å²) in [6.45, 7) is 3.81. The van der Waals surface area contributed by atoms with Crippen LogP contribution in [0.4, 0.5) is 11.4 Å². The zero-order valence-corrected chi connectivity index (χ0v) is 15.0. The molecule has 0 aliphatic heterocycles. The van der Waals surface area contributed by atoms with Crippen molar-refractivity contribution < 1.29 is 9.59 Å². The molecular formula is C18H18N4O2S. The summed E-state index contributed by atoms with van der Waals surface area (Å²) in [4.78, 5) is 29.6. The summed E-state index contributed by atoms with van der Waals surface area (Å²) >= 11 is 1.53. The number of anilines is 2. The quantitative estimate of drug-likeness (QED) is 0.751. The second kappa shape index (κ2) is 6.90. The molecule has 3 rings (SSSR count). The van der Waals surface area contributed by atoms with Crippen molar-refractivity contribution in [1.82, 2.24) is 9.55 Å². The van der Waals surface area contributed by atoms with Crippen molar-refractivity contribution in [3.8, 4) is 0 Å². The third-order valence-electron chi connectivity index (χ3n) is 3.90. The Kier molecular flexibility index (Phi) is 4.67. The van der Waals surface area contributed by atoms with Crippen molar-refractivity contribution in [2.75, 3.05) is 10.6 Å². The van der Waals surface area contributed by atoms with Gasteiger partial charge in [-0.25, -0.2) is 4.98 Å². The molecule has 128 valence electrons. The minimum atomic E-state index is -0.250. The predicted molar refractivity (Wildman–Crippen MR) is 99.3 cm³/mol. The molecule has 25 heavy (non-hydrogen) atoms. The maximum absolute atomic E-state index is 12.4. The third-order valence-corrected chi connectivity index (χ3v) is 4.74. The van der Waals surface area contributed by atoms with E-state index >= 15 is 0 Å². The molecule has 1 aromatic carbocycles. The Morgan fingerprint density at radius 2 is 1.92 bits per heavy atom. The van der Waals surface area contributed by atoms with E-state index in [0.717, 1.165) is 10.4 Å². The highest BCUT2D eigenvalue weighted by atomic mass is 32.1. The molecule has 2 aromatic heterocycles. The molecule has 2 heterocycles. The number of aryl methyl sites for hydroxylation is 3. The van der Waals surface area contributed by atoms with E-state index in [4.69, 9.17) is 0 Å². The van der Waals surface area contributed by atoms with Crippen LogP contribution in [0.15, 0.2) is 42.2 Å².